The Morgan fingerprint density at radius 1 is 1.20 bits per heavy atom. The van der Waals surface area contributed by atoms with E-state index in [1.54, 1.807) is 36.4 Å². The van der Waals surface area contributed by atoms with Crippen LogP contribution in [0.4, 0.5) is 11.5 Å². The molecule has 8 nitrogen and oxygen atoms in total. The first-order valence-corrected chi connectivity index (χ1v) is 9.72. The summed E-state index contributed by atoms with van der Waals surface area (Å²) in [7, 11) is 0. The van der Waals surface area contributed by atoms with Crippen LogP contribution in [0.25, 0.3) is 5.69 Å². The number of rotatable bonds is 6. The summed E-state index contributed by atoms with van der Waals surface area (Å²) in [5.74, 6) is -0.560. The Balaban J connectivity index is 2.08. The molecule has 3 rings (SSSR count). The zero-order valence-corrected chi connectivity index (χ0v) is 17.5. The largest absolute Gasteiger partial charge is 0.491 e. The van der Waals surface area contributed by atoms with Crippen molar-refractivity contribution >= 4 is 40.6 Å². The number of aromatic nitrogens is 2. The maximum Gasteiger partial charge on any atom is 0.273 e. The monoisotopic (exact) mass is 447 g/mol. The molecule has 0 bridgehead atoms. The molecule has 0 atom stereocenters. The number of hydrogen-bond acceptors (Lipinski definition) is 6. The number of carbonyl (C=O) groups excluding carboxylic acids is 1. The summed E-state index contributed by atoms with van der Waals surface area (Å²) in [6.07, 6.45) is 1.17. The summed E-state index contributed by atoms with van der Waals surface area (Å²) in [6.45, 7) is 2.39. The number of nitrogens with two attached hydrogens (primary N) is 2. The molecule has 30 heavy (non-hydrogen) atoms. The van der Waals surface area contributed by atoms with Crippen molar-refractivity contribution < 1.29 is 9.53 Å². The van der Waals surface area contributed by atoms with Gasteiger partial charge in [0.2, 0.25) is 0 Å². The van der Waals surface area contributed by atoms with E-state index in [4.69, 9.17) is 39.4 Å². The van der Waals surface area contributed by atoms with Crippen LogP contribution in [-0.2, 0) is 6.54 Å². The third-order valence-electron chi connectivity index (χ3n) is 4.26. The number of hydrogen-bond donors (Lipinski definition) is 3. The van der Waals surface area contributed by atoms with E-state index in [-0.39, 0.29) is 33.7 Å². The summed E-state index contributed by atoms with van der Waals surface area (Å²) in [6, 6.07) is 9.91. The Kier molecular flexibility index (Phi) is 6.61. The lowest BCUT2D eigenvalue weighted by Gasteiger charge is -2.16. The lowest BCUT2D eigenvalue weighted by atomic mass is 10.1. The molecule has 0 aliphatic heterocycles. The van der Waals surface area contributed by atoms with Crippen LogP contribution in [0.5, 0.6) is 5.75 Å². The molecule has 1 amide bonds. The molecule has 0 aliphatic rings. The van der Waals surface area contributed by atoms with Crippen molar-refractivity contribution in [2.24, 2.45) is 5.73 Å². The lowest BCUT2D eigenvalue weighted by Crippen LogP contribution is -2.31. The van der Waals surface area contributed by atoms with Crippen molar-refractivity contribution in [3.8, 4) is 11.4 Å². The maximum absolute atomic E-state index is 13.1. The van der Waals surface area contributed by atoms with Gasteiger partial charge in [-0.25, -0.2) is 4.98 Å². The van der Waals surface area contributed by atoms with Gasteiger partial charge >= 0.3 is 0 Å². The molecule has 5 N–H and O–H groups in total. The first-order chi connectivity index (χ1) is 14.4. The molecule has 2 aromatic carbocycles. The van der Waals surface area contributed by atoms with Gasteiger partial charge in [-0.05, 0) is 25.1 Å². The molecule has 3 aromatic rings. The number of halogens is 2. The lowest BCUT2D eigenvalue weighted by molar-refractivity contribution is 0.102. The molecule has 1 heterocycles. The number of para-hydroxylation sites is 2. The molecule has 0 fully saturated rings. The highest BCUT2D eigenvalue weighted by atomic mass is 35.5. The van der Waals surface area contributed by atoms with Crippen LogP contribution < -0.4 is 27.1 Å². The van der Waals surface area contributed by atoms with E-state index in [1.807, 2.05) is 6.92 Å². The molecule has 0 saturated carbocycles. The predicted molar refractivity (Wildman–Crippen MR) is 118 cm³/mol. The van der Waals surface area contributed by atoms with Crippen molar-refractivity contribution in [1.82, 2.24) is 9.55 Å². The molecular formula is C20H19Cl2N5O3. The fourth-order valence-electron chi connectivity index (χ4n) is 2.90. The Morgan fingerprint density at radius 3 is 2.50 bits per heavy atom. The second-order valence-electron chi connectivity index (χ2n) is 6.14. The minimum Gasteiger partial charge on any atom is -0.491 e. The Morgan fingerprint density at radius 2 is 1.87 bits per heavy atom. The number of nitrogens with one attached hydrogen (secondary N) is 1. The standard InChI is InChI=1S/C20H19Cl2N5O3/c1-2-30-17-11(9-23)5-3-8-14(17)26-19(28)15-18(24)25-10-27(20(15)29)16-12(21)6-4-7-13(16)22/h3-8,10H,2,9,23-24H2,1H3,(H,26,28). The van der Waals surface area contributed by atoms with Crippen LogP contribution in [0, 0.1) is 0 Å². The van der Waals surface area contributed by atoms with E-state index in [0.29, 0.717) is 23.6 Å². The van der Waals surface area contributed by atoms with Gasteiger partial charge in [0, 0.05) is 12.1 Å². The third kappa shape index (κ3) is 4.11. The molecule has 0 saturated heterocycles. The van der Waals surface area contributed by atoms with Crippen LogP contribution >= 0.6 is 23.2 Å². The quantitative estimate of drug-likeness (QED) is 0.532. The molecule has 0 spiro atoms. The number of amides is 1. The second-order valence-corrected chi connectivity index (χ2v) is 6.95. The van der Waals surface area contributed by atoms with Gasteiger partial charge in [0.1, 0.15) is 23.5 Å². The Hall–Kier alpha value is -3.07. The number of anilines is 2. The van der Waals surface area contributed by atoms with Gasteiger partial charge in [-0.2, -0.15) is 0 Å². The summed E-state index contributed by atoms with van der Waals surface area (Å²) in [4.78, 5) is 30.0. The minimum atomic E-state index is -0.752. The van der Waals surface area contributed by atoms with Gasteiger partial charge in [-0.1, -0.05) is 41.4 Å². The molecule has 10 heteroatoms. The summed E-state index contributed by atoms with van der Waals surface area (Å²) < 4.78 is 6.70. The fraction of sp³-hybridized carbons (Fsp3) is 0.150. The maximum atomic E-state index is 13.1. The average molecular weight is 448 g/mol. The summed E-state index contributed by atoms with van der Waals surface area (Å²) in [5, 5.41) is 3.10. The van der Waals surface area contributed by atoms with Crippen molar-refractivity contribution in [2.45, 2.75) is 13.5 Å². The normalized spacial score (nSPS) is 10.7. The smallest absolute Gasteiger partial charge is 0.273 e. The molecule has 0 radical (unpaired) electrons. The zero-order chi connectivity index (χ0) is 21.8. The van der Waals surface area contributed by atoms with Crippen molar-refractivity contribution in [1.29, 1.82) is 0 Å². The van der Waals surface area contributed by atoms with Crippen LogP contribution in [0.1, 0.15) is 22.8 Å². The van der Waals surface area contributed by atoms with Crippen LogP contribution in [0.3, 0.4) is 0 Å². The van der Waals surface area contributed by atoms with Crippen molar-refractivity contribution in [3.63, 3.8) is 0 Å². The minimum absolute atomic E-state index is 0.201. The van der Waals surface area contributed by atoms with Crippen LogP contribution in [-0.4, -0.2) is 22.1 Å². The van der Waals surface area contributed by atoms with Gasteiger partial charge in [0.05, 0.1) is 28.0 Å². The Bertz CT molecular complexity index is 1140. The highest BCUT2D eigenvalue weighted by Gasteiger charge is 2.22. The highest BCUT2D eigenvalue weighted by Crippen LogP contribution is 2.30. The molecule has 0 aliphatic carbocycles. The molecule has 1 aromatic heterocycles. The fourth-order valence-corrected chi connectivity index (χ4v) is 3.48. The number of carbonyl (C=O) groups is 1. The first kappa shape index (κ1) is 21.6. The first-order valence-electron chi connectivity index (χ1n) is 8.96. The average Bonchev–Trinajstić information content (AvgIpc) is 2.71. The van der Waals surface area contributed by atoms with E-state index in [9.17, 15) is 9.59 Å². The topological polar surface area (TPSA) is 125 Å². The number of nitrogen functional groups attached to an aromatic ring is 1. The third-order valence-corrected chi connectivity index (χ3v) is 4.87. The number of nitrogens with zero attached hydrogens (tertiary/aromatic N) is 2. The van der Waals surface area contributed by atoms with Gasteiger partial charge in [-0.15, -0.1) is 0 Å². The van der Waals surface area contributed by atoms with Crippen LogP contribution in [0.15, 0.2) is 47.5 Å². The van der Waals surface area contributed by atoms with Crippen molar-refractivity contribution in [2.75, 3.05) is 17.7 Å². The van der Waals surface area contributed by atoms with Gasteiger partial charge in [0.25, 0.3) is 11.5 Å². The summed E-state index contributed by atoms with van der Waals surface area (Å²) >= 11 is 12.4. The molecule has 0 unspecified atom stereocenters. The number of benzene rings is 2. The number of ether oxygens (including phenoxy) is 1. The van der Waals surface area contributed by atoms with Gasteiger partial charge < -0.3 is 21.5 Å². The predicted octanol–water partition coefficient (Wildman–Crippen LogP) is 3.23. The van der Waals surface area contributed by atoms with Gasteiger partial charge in [0.15, 0.2) is 0 Å². The molecule has 156 valence electrons. The molecular weight excluding hydrogens is 429 g/mol. The highest BCUT2D eigenvalue weighted by molar-refractivity contribution is 6.37. The van der Waals surface area contributed by atoms with E-state index < -0.39 is 11.5 Å². The van der Waals surface area contributed by atoms with E-state index in [0.717, 1.165) is 4.57 Å². The van der Waals surface area contributed by atoms with E-state index in [2.05, 4.69) is 10.3 Å². The summed E-state index contributed by atoms with van der Waals surface area (Å²) in [5.41, 5.74) is 11.8. The van der Waals surface area contributed by atoms with Crippen molar-refractivity contribution in [3.05, 3.63) is 74.3 Å². The van der Waals surface area contributed by atoms with Gasteiger partial charge in [-0.3, -0.25) is 14.2 Å². The second kappa shape index (κ2) is 9.17. The SMILES string of the molecule is CCOc1c(CN)cccc1NC(=O)c1c(N)ncn(-c2c(Cl)cccc2Cl)c1=O. The van der Waals surface area contributed by atoms with E-state index in [1.165, 1.54) is 6.33 Å². The zero-order valence-electron chi connectivity index (χ0n) is 16.0. The van der Waals surface area contributed by atoms with Crippen LogP contribution in [0.2, 0.25) is 10.0 Å². The van der Waals surface area contributed by atoms with E-state index >= 15 is 0 Å². The Labute approximate surface area is 182 Å².